The summed E-state index contributed by atoms with van der Waals surface area (Å²) in [4.78, 5) is 19.8. The van der Waals surface area contributed by atoms with Gasteiger partial charge in [0, 0.05) is 30.9 Å². The summed E-state index contributed by atoms with van der Waals surface area (Å²) in [6, 6.07) is 3.10. The molecule has 0 aromatic carbocycles. The Morgan fingerprint density at radius 2 is 2.07 bits per heavy atom. The Labute approximate surface area is 180 Å². The van der Waals surface area contributed by atoms with Gasteiger partial charge in [0.2, 0.25) is 15.9 Å². The predicted octanol–water partition coefficient (Wildman–Crippen LogP) is 2.69. The molecule has 0 radical (unpaired) electrons. The van der Waals surface area contributed by atoms with Gasteiger partial charge in [0.15, 0.2) is 0 Å². The van der Waals surface area contributed by atoms with Crippen LogP contribution in [0.2, 0.25) is 0 Å². The van der Waals surface area contributed by atoms with Gasteiger partial charge in [-0.2, -0.15) is 4.31 Å². The van der Waals surface area contributed by atoms with Crippen molar-refractivity contribution in [3.63, 3.8) is 0 Å². The van der Waals surface area contributed by atoms with Gasteiger partial charge in [-0.25, -0.2) is 13.4 Å². The molecule has 30 heavy (non-hydrogen) atoms. The Morgan fingerprint density at radius 1 is 1.30 bits per heavy atom. The van der Waals surface area contributed by atoms with Crippen LogP contribution in [0.5, 0.6) is 0 Å². The number of aryl methyl sites for hydroxylation is 1. The van der Waals surface area contributed by atoms with Gasteiger partial charge < -0.3 is 10.2 Å². The molecule has 3 unspecified atom stereocenters. The topological polar surface area (TPSA) is 82.6 Å². The Hall–Kier alpha value is -1.67. The van der Waals surface area contributed by atoms with Gasteiger partial charge in [-0.05, 0) is 83.8 Å². The number of carbonyl (C=O) groups excluding carboxylic acids is 1. The largest absolute Gasteiger partial charge is 0.353 e. The third-order valence-corrected chi connectivity index (χ3v) is 8.91. The van der Waals surface area contributed by atoms with Crippen LogP contribution in [0.15, 0.2) is 17.0 Å². The van der Waals surface area contributed by atoms with Crippen LogP contribution >= 0.6 is 0 Å². The van der Waals surface area contributed by atoms with E-state index >= 15 is 0 Å². The summed E-state index contributed by atoms with van der Waals surface area (Å²) in [6.07, 6.45) is 4.68. The first-order chi connectivity index (χ1) is 14.2. The Bertz CT molecular complexity index is 917. The van der Waals surface area contributed by atoms with E-state index in [0.29, 0.717) is 37.7 Å². The van der Waals surface area contributed by atoms with Crippen molar-refractivity contribution in [2.45, 2.75) is 82.8 Å². The van der Waals surface area contributed by atoms with E-state index < -0.39 is 16.1 Å². The fraction of sp³-hybridized carbons (Fsp3) is 0.727. The highest BCUT2D eigenvalue weighted by atomic mass is 32.2. The van der Waals surface area contributed by atoms with Gasteiger partial charge in [0.1, 0.15) is 16.8 Å². The number of sulfonamides is 1. The maximum atomic E-state index is 13.7. The van der Waals surface area contributed by atoms with Crippen LogP contribution in [-0.2, 0) is 14.8 Å². The fourth-order valence-corrected chi connectivity index (χ4v) is 7.07. The molecule has 1 aromatic heterocycles. The zero-order valence-electron chi connectivity index (χ0n) is 18.5. The minimum atomic E-state index is -3.84. The van der Waals surface area contributed by atoms with Crippen molar-refractivity contribution < 1.29 is 13.2 Å². The van der Waals surface area contributed by atoms with Gasteiger partial charge in [-0.3, -0.25) is 4.79 Å². The standard InChI is InChI=1S/C22H34N4O3S/c1-5-25(14(2)3)21-20(11-8-15(4)23-21)30(28,29)26-12-6-7-19(26)22(27)24-18-10-9-16-13-17(16)18/h8,11,14,16-19H,5-7,9-10,12-13H2,1-4H3,(H,24,27)/t16?,17?,18?,19-/m0/s1. The highest BCUT2D eigenvalue weighted by molar-refractivity contribution is 7.89. The number of amides is 1. The Morgan fingerprint density at radius 3 is 2.67 bits per heavy atom. The number of aromatic nitrogens is 1. The van der Waals surface area contributed by atoms with Crippen molar-refractivity contribution in [2.24, 2.45) is 11.8 Å². The molecule has 4 rings (SSSR count). The van der Waals surface area contributed by atoms with E-state index in [2.05, 4.69) is 10.3 Å². The summed E-state index contributed by atoms with van der Waals surface area (Å²) >= 11 is 0. The zero-order chi connectivity index (χ0) is 21.6. The van der Waals surface area contributed by atoms with E-state index in [1.807, 2.05) is 32.6 Å². The van der Waals surface area contributed by atoms with Crippen LogP contribution < -0.4 is 10.2 Å². The molecule has 8 heteroatoms. The van der Waals surface area contributed by atoms with Crippen LogP contribution in [0.4, 0.5) is 5.82 Å². The highest BCUT2D eigenvalue weighted by Crippen LogP contribution is 2.51. The molecule has 1 aliphatic heterocycles. The van der Waals surface area contributed by atoms with E-state index in [1.165, 1.54) is 17.1 Å². The van der Waals surface area contributed by atoms with Crippen molar-refractivity contribution >= 4 is 21.7 Å². The first kappa shape index (κ1) is 21.6. The molecule has 1 saturated heterocycles. The van der Waals surface area contributed by atoms with E-state index in [9.17, 15) is 13.2 Å². The number of hydrogen-bond acceptors (Lipinski definition) is 5. The summed E-state index contributed by atoms with van der Waals surface area (Å²) in [5.74, 6) is 1.73. The third-order valence-electron chi connectivity index (χ3n) is 6.98. The van der Waals surface area contributed by atoms with E-state index in [0.717, 1.165) is 18.0 Å². The molecule has 2 saturated carbocycles. The first-order valence-electron chi connectivity index (χ1n) is 11.3. The van der Waals surface area contributed by atoms with Crippen LogP contribution in [0, 0.1) is 18.8 Å². The summed E-state index contributed by atoms with van der Waals surface area (Å²) in [5.41, 5.74) is 0.777. The molecule has 1 N–H and O–H groups in total. The second-order valence-corrected chi connectivity index (χ2v) is 11.1. The average molecular weight is 435 g/mol. The van der Waals surface area contributed by atoms with E-state index in [1.54, 1.807) is 12.1 Å². The monoisotopic (exact) mass is 434 g/mol. The molecule has 3 aliphatic rings. The zero-order valence-corrected chi connectivity index (χ0v) is 19.3. The number of nitrogens with one attached hydrogen (secondary N) is 1. The Balaban J connectivity index is 1.61. The van der Waals surface area contributed by atoms with Gasteiger partial charge >= 0.3 is 0 Å². The van der Waals surface area contributed by atoms with E-state index in [-0.39, 0.29) is 22.9 Å². The van der Waals surface area contributed by atoms with Gasteiger partial charge in [0.05, 0.1) is 0 Å². The lowest BCUT2D eigenvalue weighted by atomic mass is 10.1. The lowest BCUT2D eigenvalue weighted by Crippen LogP contribution is -2.49. The predicted molar refractivity (Wildman–Crippen MR) is 117 cm³/mol. The van der Waals surface area contributed by atoms with Crippen LogP contribution in [0.1, 0.15) is 58.6 Å². The second kappa shape index (κ2) is 8.11. The smallest absolute Gasteiger partial charge is 0.247 e. The summed E-state index contributed by atoms with van der Waals surface area (Å²) in [7, 11) is -3.84. The van der Waals surface area contributed by atoms with Crippen LogP contribution in [0.25, 0.3) is 0 Å². The molecular formula is C22H34N4O3S. The number of rotatable bonds is 7. The van der Waals surface area contributed by atoms with Crippen molar-refractivity contribution in [3.05, 3.63) is 17.8 Å². The number of fused-ring (bicyclic) bond motifs is 1. The Kier molecular flexibility index (Phi) is 5.83. The summed E-state index contributed by atoms with van der Waals surface area (Å²) in [6.45, 7) is 8.96. The quantitative estimate of drug-likeness (QED) is 0.713. The minimum absolute atomic E-state index is 0.116. The number of pyridine rings is 1. The molecule has 2 aliphatic carbocycles. The van der Waals surface area contributed by atoms with Crippen molar-refractivity contribution in [2.75, 3.05) is 18.0 Å². The molecule has 2 heterocycles. The molecule has 1 aromatic rings. The molecule has 3 fully saturated rings. The molecule has 1 amide bonds. The minimum Gasteiger partial charge on any atom is -0.353 e. The number of anilines is 1. The summed E-state index contributed by atoms with van der Waals surface area (Å²) in [5, 5.41) is 3.17. The van der Waals surface area contributed by atoms with Crippen molar-refractivity contribution in [3.8, 4) is 0 Å². The lowest BCUT2D eigenvalue weighted by Gasteiger charge is -2.31. The molecule has 7 nitrogen and oxygen atoms in total. The fourth-order valence-electron chi connectivity index (χ4n) is 5.27. The average Bonchev–Trinajstić information content (AvgIpc) is 3.10. The lowest BCUT2D eigenvalue weighted by molar-refractivity contribution is -0.125. The molecular weight excluding hydrogens is 400 g/mol. The molecule has 0 spiro atoms. The highest BCUT2D eigenvalue weighted by Gasteiger charge is 2.50. The molecule has 0 bridgehead atoms. The summed E-state index contributed by atoms with van der Waals surface area (Å²) < 4.78 is 28.8. The molecule has 4 atom stereocenters. The normalized spacial score (nSPS) is 28.6. The number of carbonyl (C=O) groups is 1. The van der Waals surface area contributed by atoms with Gasteiger partial charge in [-0.15, -0.1) is 0 Å². The molecule has 166 valence electrons. The van der Waals surface area contributed by atoms with Crippen LogP contribution in [-0.4, -0.2) is 54.8 Å². The SMILES string of the molecule is CCN(c1nc(C)ccc1S(=O)(=O)N1CCC[C@H]1C(=O)NC1CCC2CC21)C(C)C. The van der Waals surface area contributed by atoms with Gasteiger partial charge in [0.25, 0.3) is 0 Å². The second-order valence-electron chi connectivity index (χ2n) is 9.28. The van der Waals surface area contributed by atoms with Crippen molar-refractivity contribution in [1.82, 2.24) is 14.6 Å². The van der Waals surface area contributed by atoms with E-state index in [4.69, 9.17) is 0 Å². The maximum Gasteiger partial charge on any atom is 0.247 e. The van der Waals surface area contributed by atoms with Crippen LogP contribution in [0.3, 0.4) is 0 Å². The number of nitrogens with zero attached hydrogens (tertiary/aromatic N) is 3. The maximum absolute atomic E-state index is 13.7. The number of hydrogen-bond donors (Lipinski definition) is 1. The van der Waals surface area contributed by atoms with Gasteiger partial charge in [-0.1, -0.05) is 0 Å². The first-order valence-corrected chi connectivity index (χ1v) is 12.7. The third kappa shape index (κ3) is 3.84. The van der Waals surface area contributed by atoms with Crippen molar-refractivity contribution in [1.29, 1.82) is 0 Å².